The predicted molar refractivity (Wildman–Crippen MR) is 74.9 cm³/mol. The maximum atomic E-state index is 8.79. The van der Waals surface area contributed by atoms with E-state index in [1.165, 1.54) is 11.1 Å². The van der Waals surface area contributed by atoms with E-state index >= 15 is 0 Å². The molecule has 3 nitrogen and oxygen atoms in total. The highest BCUT2D eigenvalue weighted by atomic mass is 15.2. The van der Waals surface area contributed by atoms with Crippen molar-refractivity contribution < 1.29 is 0 Å². The van der Waals surface area contributed by atoms with Crippen LogP contribution in [0, 0.1) is 11.3 Å². The molecule has 0 amide bonds. The fourth-order valence-electron chi connectivity index (χ4n) is 2.75. The van der Waals surface area contributed by atoms with E-state index in [0.29, 0.717) is 11.7 Å². The number of fused-ring (bicyclic) bond motifs is 1. The van der Waals surface area contributed by atoms with Crippen LogP contribution in [0.1, 0.15) is 29.8 Å². The second-order valence-electron chi connectivity index (χ2n) is 4.83. The summed E-state index contributed by atoms with van der Waals surface area (Å²) in [5.41, 5.74) is 4.38. The minimum Gasteiger partial charge on any atom is -0.363 e. The highest BCUT2D eigenvalue weighted by molar-refractivity contribution is 5.51. The Balaban J connectivity index is 1.93. The Hall–Kier alpha value is -2.34. The van der Waals surface area contributed by atoms with Gasteiger partial charge in [-0.15, -0.1) is 0 Å². The molecule has 0 aliphatic carbocycles. The van der Waals surface area contributed by atoms with Crippen LogP contribution < -0.4 is 4.90 Å². The number of pyridine rings is 1. The molecule has 2 aromatic rings. The van der Waals surface area contributed by atoms with Gasteiger partial charge >= 0.3 is 0 Å². The maximum absolute atomic E-state index is 8.79. The largest absolute Gasteiger partial charge is 0.363 e. The van der Waals surface area contributed by atoms with Crippen molar-refractivity contribution in [3.05, 3.63) is 59.4 Å². The quantitative estimate of drug-likeness (QED) is 0.779. The Morgan fingerprint density at radius 3 is 2.84 bits per heavy atom. The average molecular weight is 249 g/mol. The molecule has 0 saturated carbocycles. The molecule has 1 unspecified atom stereocenters. The first-order valence-electron chi connectivity index (χ1n) is 6.50. The second kappa shape index (κ2) is 4.74. The standard InChI is InChI=1S/C16H15N3/c1-12-16-5-3-2-4-13(16)8-9-19(12)15-7-6-14(10-17)18-11-15/h2-7,11-12H,8-9H2,1H3. The fourth-order valence-corrected chi connectivity index (χ4v) is 2.75. The van der Waals surface area contributed by atoms with Crippen LogP contribution in [0.2, 0.25) is 0 Å². The first kappa shape index (κ1) is 11.7. The molecule has 1 aliphatic rings. The average Bonchev–Trinajstić information content (AvgIpc) is 2.48. The molecule has 1 aromatic carbocycles. The zero-order valence-corrected chi connectivity index (χ0v) is 10.9. The van der Waals surface area contributed by atoms with E-state index in [2.05, 4.69) is 47.1 Å². The van der Waals surface area contributed by atoms with Crippen LogP contribution in [0.4, 0.5) is 5.69 Å². The Labute approximate surface area is 113 Å². The lowest BCUT2D eigenvalue weighted by molar-refractivity contribution is 0.623. The van der Waals surface area contributed by atoms with Crippen molar-refractivity contribution >= 4 is 5.69 Å². The molecule has 1 atom stereocenters. The fraction of sp³-hybridized carbons (Fsp3) is 0.250. The topological polar surface area (TPSA) is 39.9 Å². The lowest BCUT2D eigenvalue weighted by Crippen LogP contribution is -2.33. The van der Waals surface area contributed by atoms with Crippen LogP contribution in [-0.2, 0) is 6.42 Å². The molecule has 1 aliphatic heterocycles. The zero-order chi connectivity index (χ0) is 13.2. The highest BCUT2D eigenvalue weighted by Gasteiger charge is 2.23. The second-order valence-corrected chi connectivity index (χ2v) is 4.83. The third-order valence-electron chi connectivity index (χ3n) is 3.79. The Bertz CT molecular complexity index is 625. The molecule has 0 spiro atoms. The van der Waals surface area contributed by atoms with E-state index in [4.69, 9.17) is 5.26 Å². The molecule has 0 N–H and O–H groups in total. The Morgan fingerprint density at radius 2 is 2.11 bits per heavy atom. The minimum atomic E-state index is 0.347. The monoisotopic (exact) mass is 249 g/mol. The number of aromatic nitrogens is 1. The molecule has 0 radical (unpaired) electrons. The van der Waals surface area contributed by atoms with E-state index in [0.717, 1.165) is 18.7 Å². The van der Waals surface area contributed by atoms with Crippen LogP contribution in [0.3, 0.4) is 0 Å². The van der Waals surface area contributed by atoms with Crippen LogP contribution >= 0.6 is 0 Å². The Kier molecular flexibility index (Phi) is 2.92. The van der Waals surface area contributed by atoms with Gasteiger partial charge in [0, 0.05) is 6.54 Å². The van der Waals surface area contributed by atoms with E-state index in [-0.39, 0.29) is 0 Å². The van der Waals surface area contributed by atoms with Crippen molar-refractivity contribution in [1.82, 2.24) is 4.98 Å². The highest BCUT2D eigenvalue weighted by Crippen LogP contribution is 2.32. The lowest BCUT2D eigenvalue weighted by atomic mass is 9.93. The first-order valence-corrected chi connectivity index (χ1v) is 6.50. The Morgan fingerprint density at radius 1 is 1.26 bits per heavy atom. The molecule has 0 saturated heterocycles. The van der Waals surface area contributed by atoms with Gasteiger partial charge in [-0.25, -0.2) is 4.98 Å². The van der Waals surface area contributed by atoms with Gasteiger partial charge in [0.25, 0.3) is 0 Å². The van der Waals surface area contributed by atoms with Gasteiger partial charge in [-0.05, 0) is 36.6 Å². The van der Waals surface area contributed by atoms with E-state index in [1.807, 2.05) is 6.07 Å². The summed E-state index contributed by atoms with van der Waals surface area (Å²) in [4.78, 5) is 6.50. The maximum Gasteiger partial charge on any atom is 0.140 e. The number of nitrogens with zero attached hydrogens (tertiary/aromatic N) is 3. The van der Waals surface area contributed by atoms with Gasteiger partial charge in [0.1, 0.15) is 11.8 Å². The molecule has 0 fully saturated rings. The molecular formula is C16H15N3. The van der Waals surface area contributed by atoms with E-state index in [1.54, 1.807) is 12.3 Å². The van der Waals surface area contributed by atoms with E-state index in [9.17, 15) is 0 Å². The minimum absolute atomic E-state index is 0.347. The number of benzene rings is 1. The smallest absolute Gasteiger partial charge is 0.140 e. The van der Waals surface area contributed by atoms with Crippen molar-refractivity contribution in [3.8, 4) is 6.07 Å². The number of nitriles is 1. The summed E-state index contributed by atoms with van der Waals surface area (Å²) >= 11 is 0. The summed E-state index contributed by atoms with van der Waals surface area (Å²) in [6, 6.07) is 14.8. The molecule has 94 valence electrons. The SMILES string of the molecule is CC1c2ccccc2CCN1c1ccc(C#N)nc1. The van der Waals surface area contributed by atoms with Crippen molar-refractivity contribution in [2.45, 2.75) is 19.4 Å². The van der Waals surface area contributed by atoms with Crippen molar-refractivity contribution in [2.75, 3.05) is 11.4 Å². The summed E-state index contributed by atoms with van der Waals surface area (Å²) in [6.07, 6.45) is 2.85. The molecular weight excluding hydrogens is 234 g/mol. The van der Waals surface area contributed by atoms with Crippen LogP contribution in [0.15, 0.2) is 42.6 Å². The first-order chi connectivity index (χ1) is 9.29. The van der Waals surface area contributed by atoms with E-state index < -0.39 is 0 Å². The number of hydrogen-bond donors (Lipinski definition) is 0. The van der Waals surface area contributed by atoms with Gasteiger partial charge in [-0.2, -0.15) is 5.26 Å². The summed E-state index contributed by atoms with van der Waals surface area (Å²) in [5.74, 6) is 0. The van der Waals surface area contributed by atoms with Gasteiger partial charge in [-0.3, -0.25) is 0 Å². The van der Waals surface area contributed by atoms with Crippen molar-refractivity contribution in [3.63, 3.8) is 0 Å². The molecule has 0 bridgehead atoms. The zero-order valence-electron chi connectivity index (χ0n) is 10.9. The molecule has 1 aromatic heterocycles. The third kappa shape index (κ3) is 2.06. The molecule has 2 heterocycles. The summed E-state index contributed by atoms with van der Waals surface area (Å²) < 4.78 is 0. The number of anilines is 1. The number of hydrogen-bond acceptors (Lipinski definition) is 3. The van der Waals surface area contributed by atoms with Crippen LogP contribution in [0.25, 0.3) is 0 Å². The molecule has 3 heteroatoms. The van der Waals surface area contributed by atoms with Crippen LogP contribution in [0.5, 0.6) is 0 Å². The number of rotatable bonds is 1. The van der Waals surface area contributed by atoms with Gasteiger partial charge in [0.05, 0.1) is 17.9 Å². The van der Waals surface area contributed by atoms with Gasteiger partial charge < -0.3 is 4.90 Å². The summed E-state index contributed by atoms with van der Waals surface area (Å²) in [5, 5.41) is 8.79. The summed E-state index contributed by atoms with van der Waals surface area (Å²) in [6.45, 7) is 3.21. The van der Waals surface area contributed by atoms with Crippen molar-refractivity contribution in [2.24, 2.45) is 0 Å². The van der Waals surface area contributed by atoms with Crippen LogP contribution in [-0.4, -0.2) is 11.5 Å². The van der Waals surface area contributed by atoms with Gasteiger partial charge in [0.2, 0.25) is 0 Å². The predicted octanol–water partition coefficient (Wildman–Crippen LogP) is 3.08. The third-order valence-corrected chi connectivity index (χ3v) is 3.79. The summed E-state index contributed by atoms with van der Waals surface area (Å²) in [7, 11) is 0. The van der Waals surface area contributed by atoms with Gasteiger partial charge in [0.15, 0.2) is 0 Å². The normalized spacial score (nSPS) is 17.7. The molecule has 19 heavy (non-hydrogen) atoms. The molecule has 3 rings (SSSR count). The van der Waals surface area contributed by atoms with Gasteiger partial charge in [-0.1, -0.05) is 24.3 Å². The lowest BCUT2D eigenvalue weighted by Gasteiger charge is -2.36. The van der Waals surface area contributed by atoms with Crippen molar-refractivity contribution in [1.29, 1.82) is 5.26 Å².